The highest BCUT2D eigenvalue weighted by Gasteiger charge is 2.22. The van der Waals surface area contributed by atoms with Gasteiger partial charge < -0.3 is 14.5 Å². The Bertz CT molecular complexity index is 420. The van der Waals surface area contributed by atoms with Gasteiger partial charge >= 0.3 is 11.9 Å². The summed E-state index contributed by atoms with van der Waals surface area (Å²) >= 11 is 0. The van der Waals surface area contributed by atoms with E-state index in [1.165, 1.54) is 14.2 Å². The van der Waals surface area contributed by atoms with Crippen LogP contribution in [0.25, 0.3) is 0 Å². The lowest BCUT2D eigenvalue weighted by Gasteiger charge is -1.99. The summed E-state index contributed by atoms with van der Waals surface area (Å²) in [6.45, 7) is 3.68. The van der Waals surface area contributed by atoms with Crippen molar-refractivity contribution >= 4 is 11.9 Å². The lowest BCUT2D eigenvalue weighted by molar-refractivity contribution is 0.0589. The maximum absolute atomic E-state index is 11.5. The number of nitrogens with one attached hydrogen (secondary N) is 1. The van der Waals surface area contributed by atoms with E-state index in [2.05, 4.69) is 14.5 Å². The van der Waals surface area contributed by atoms with Crippen LogP contribution in [0.4, 0.5) is 0 Å². The molecular weight excluding hydrogens is 210 g/mol. The zero-order valence-corrected chi connectivity index (χ0v) is 9.84. The molecule has 0 aliphatic carbocycles. The largest absolute Gasteiger partial charge is 0.464 e. The van der Waals surface area contributed by atoms with Gasteiger partial charge in [-0.3, -0.25) is 0 Å². The molecule has 1 heterocycles. The Morgan fingerprint density at radius 3 is 2.06 bits per heavy atom. The quantitative estimate of drug-likeness (QED) is 0.791. The molecule has 0 radical (unpaired) electrons. The topological polar surface area (TPSA) is 68.4 Å². The van der Waals surface area contributed by atoms with Gasteiger partial charge in [0.2, 0.25) is 0 Å². The van der Waals surface area contributed by atoms with Crippen molar-refractivity contribution in [3.63, 3.8) is 0 Å². The molecule has 0 aliphatic rings. The number of carbonyl (C=O) groups is 2. The fourth-order valence-corrected chi connectivity index (χ4v) is 1.66. The molecule has 1 aromatic heterocycles. The van der Waals surface area contributed by atoms with Crippen molar-refractivity contribution in [3.05, 3.63) is 22.5 Å². The normalized spacial score (nSPS) is 10.0. The predicted molar refractivity (Wildman–Crippen MR) is 57.6 cm³/mol. The molecule has 0 bridgehead atoms. The average Bonchev–Trinajstić information content (AvgIpc) is 2.64. The van der Waals surface area contributed by atoms with Crippen molar-refractivity contribution in [3.8, 4) is 0 Å². The number of esters is 2. The molecule has 0 amide bonds. The average molecular weight is 225 g/mol. The smallest absolute Gasteiger partial charge is 0.354 e. The molecule has 0 aliphatic heterocycles. The molecule has 0 unspecified atom stereocenters. The van der Waals surface area contributed by atoms with Crippen LogP contribution in [-0.4, -0.2) is 31.1 Å². The van der Waals surface area contributed by atoms with E-state index in [0.29, 0.717) is 17.8 Å². The molecule has 1 rings (SSSR count). The Morgan fingerprint density at radius 2 is 1.62 bits per heavy atom. The zero-order valence-electron chi connectivity index (χ0n) is 9.84. The van der Waals surface area contributed by atoms with Crippen molar-refractivity contribution in [2.45, 2.75) is 20.3 Å². The maximum Gasteiger partial charge on any atom is 0.354 e. The number of aromatic amines is 1. The molecule has 0 spiro atoms. The standard InChI is InChI=1S/C11H15NO4/c1-5-7-6(2)8(10(13)15-3)12-9(7)11(14)16-4/h12H,5H2,1-4H3. The molecule has 0 saturated heterocycles. The van der Waals surface area contributed by atoms with Crippen LogP contribution in [0.2, 0.25) is 0 Å². The molecule has 0 saturated carbocycles. The summed E-state index contributed by atoms with van der Waals surface area (Å²) < 4.78 is 9.26. The first kappa shape index (κ1) is 12.3. The van der Waals surface area contributed by atoms with E-state index < -0.39 is 11.9 Å². The van der Waals surface area contributed by atoms with Crippen LogP contribution in [0.1, 0.15) is 39.0 Å². The molecule has 1 N–H and O–H groups in total. The number of hydrogen-bond acceptors (Lipinski definition) is 4. The summed E-state index contributed by atoms with van der Waals surface area (Å²) in [6, 6.07) is 0. The lowest BCUT2D eigenvalue weighted by atomic mass is 10.1. The van der Waals surface area contributed by atoms with Crippen LogP contribution in [-0.2, 0) is 15.9 Å². The Balaban J connectivity index is 3.30. The fraction of sp³-hybridized carbons (Fsp3) is 0.455. The summed E-state index contributed by atoms with van der Waals surface area (Å²) in [6.07, 6.45) is 0.643. The Labute approximate surface area is 93.7 Å². The second kappa shape index (κ2) is 4.83. The first-order valence-corrected chi connectivity index (χ1v) is 4.94. The molecule has 0 atom stereocenters. The van der Waals surface area contributed by atoms with Crippen molar-refractivity contribution in [1.82, 2.24) is 4.98 Å². The molecule has 0 aromatic carbocycles. The predicted octanol–water partition coefficient (Wildman–Crippen LogP) is 1.46. The van der Waals surface area contributed by atoms with Crippen LogP contribution in [0.3, 0.4) is 0 Å². The van der Waals surface area contributed by atoms with Gasteiger partial charge in [-0.2, -0.15) is 0 Å². The maximum atomic E-state index is 11.5. The number of ether oxygens (including phenoxy) is 2. The second-order valence-electron chi connectivity index (χ2n) is 3.32. The van der Waals surface area contributed by atoms with E-state index >= 15 is 0 Å². The van der Waals surface area contributed by atoms with Gasteiger partial charge in [0.25, 0.3) is 0 Å². The van der Waals surface area contributed by atoms with E-state index in [9.17, 15) is 9.59 Å². The Kier molecular flexibility index (Phi) is 3.71. The van der Waals surface area contributed by atoms with Gasteiger partial charge in [0.05, 0.1) is 14.2 Å². The van der Waals surface area contributed by atoms with E-state index in [4.69, 9.17) is 0 Å². The summed E-state index contributed by atoms with van der Waals surface area (Å²) in [5.41, 5.74) is 2.14. The highest BCUT2D eigenvalue weighted by Crippen LogP contribution is 2.20. The van der Waals surface area contributed by atoms with Crippen molar-refractivity contribution in [2.75, 3.05) is 14.2 Å². The second-order valence-corrected chi connectivity index (χ2v) is 3.32. The van der Waals surface area contributed by atoms with E-state index in [-0.39, 0.29) is 0 Å². The highest BCUT2D eigenvalue weighted by atomic mass is 16.5. The summed E-state index contributed by atoms with van der Waals surface area (Å²) in [5, 5.41) is 0. The third-order valence-electron chi connectivity index (χ3n) is 2.51. The number of methoxy groups -OCH3 is 2. The van der Waals surface area contributed by atoms with Gasteiger partial charge in [0.15, 0.2) is 0 Å². The van der Waals surface area contributed by atoms with Crippen molar-refractivity contribution in [1.29, 1.82) is 0 Å². The number of aromatic nitrogens is 1. The van der Waals surface area contributed by atoms with Gasteiger partial charge in [0.1, 0.15) is 11.4 Å². The summed E-state index contributed by atoms with van der Waals surface area (Å²) in [5.74, 6) is -0.961. The first-order valence-electron chi connectivity index (χ1n) is 4.94. The minimum absolute atomic E-state index is 0.305. The van der Waals surface area contributed by atoms with Crippen LogP contribution in [0.15, 0.2) is 0 Å². The van der Waals surface area contributed by atoms with E-state index in [0.717, 1.165) is 11.1 Å². The van der Waals surface area contributed by atoms with Crippen LogP contribution in [0.5, 0.6) is 0 Å². The SMILES string of the molecule is CCc1c(C(=O)OC)[nH]c(C(=O)OC)c1C. The number of carbonyl (C=O) groups excluding carboxylic acids is 2. The van der Waals surface area contributed by atoms with Crippen LogP contribution < -0.4 is 0 Å². The molecule has 1 aromatic rings. The van der Waals surface area contributed by atoms with Gasteiger partial charge in [-0.25, -0.2) is 9.59 Å². The summed E-state index contributed by atoms with van der Waals surface area (Å²) in [7, 11) is 2.60. The monoisotopic (exact) mass is 225 g/mol. The minimum atomic E-state index is -0.484. The van der Waals surface area contributed by atoms with Crippen molar-refractivity contribution in [2.24, 2.45) is 0 Å². The van der Waals surface area contributed by atoms with Crippen LogP contribution in [0, 0.1) is 6.92 Å². The van der Waals surface area contributed by atoms with Gasteiger partial charge in [-0.1, -0.05) is 6.92 Å². The lowest BCUT2D eigenvalue weighted by Crippen LogP contribution is -2.06. The molecule has 16 heavy (non-hydrogen) atoms. The molecule has 0 fully saturated rings. The number of H-pyrrole nitrogens is 1. The minimum Gasteiger partial charge on any atom is -0.464 e. The number of hydrogen-bond donors (Lipinski definition) is 1. The molecular formula is C11H15NO4. The molecule has 5 heteroatoms. The fourth-order valence-electron chi connectivity index (χ4n) is 1.66. The first-order chi connectivity index (χ1) is 7.56. The molecule has 5 nitrogen and oxygen atoms in total. The van der Waals surface area contributed by atoms with Crippen LogP contribution >= 0.6 is 0 Å². The third kappa shape index (κ3) is 1.93. The highest BCUT2D eigenvalue weighted by molar-refractivity contribution is 5.95. The van der Waals surface area contributed by atoms with Gasteiger partial charge in [0, 0.05) is 0 Å². The summed E-state index contributed by atoms with van der Waals surface area (Å²) in [4.78, 5) is 25.6. The van der Waals surface area contributed by atoms with Gasteiger partial charge in [-0.15, -0.1) is 0 Å². The van der Waals surface area contributed by atoms with E-state index in [1.54, 1.807) is 6.92 Å². The third-order valence-corrected chi connectivity index (χ3v) is 2.51. The van der Waals surface area contributed by atoms with E-state index in [1.807, 2.05) is 6.92 Å². The zero-order chi connectivity index (χ0) is 12.3. The Morgan fingerprint density at radius 1 is 1.12 bits per heavy atom. The van der Waals surface area contributed by atoms with Crippen molar-refractivity contribution < 1.29 is 19.1 Å². The number of rotatable bonds is 3. The Hall–Kier alpha value is -1.78. The molecule has 88 valence electrons. The van der Waals surface area contributed by atoms with Gasteiger partial charge in [-0.05, 0) is 24.5 Å².